The minimum Gasteiger partial charge on any atom is -0.767 e. The molecule has 4 nitrogen and oxygen atoms in total. The van der Waals surface area contributed by atoms with E-state index in [-0.39, 0.29) is 0 Å². The van der Waals surface area contributed by atoms with Crippen LogP contribution < -0.4 is 9.47 Å². The Morgan fingerprint density at radius 1 is 1.25 bits per heavy atom. The second-order valence-electron chi connectivity index (χ2n) is 2.23. The molecule has 1 unspecified atom stereocenters. The largest absolute Gasteiger partial charge is 0.767 e. The summed E-state index contributed by atoms with van der Waals surface area (Å²) >= 11 is -2.36. The van der Waals surface area contributed by atoms with E-state index in [1.807, 2.05) is 0 Å². The minimum absolute atomic E-state index is 0.465. The average Bonchev–Trinajstić information content (AvgIpc) is 2.46. The zero-order chi connectivity index (χ0) is 8.55. The van der Waals surface area contributed by atoms with Crippen molar-refractivity contribution in [3.8, 4) is 11.5 Å². The molecule has 0 saturated heterocycles. The van der Waals surface area contributed by atoms with Crippen molar-refractivity contribution in [3.63, 3.8) is 0 Å². The molecule has 0 saturated carbocycles. The summed E-state index contributed by atoms with van der Waals surface area (Å²) in [5.74, 6) is 0.929. The average molecular weight is 185 g/mol. The molecule has 0 fully saturated rings. The van der Waals surface area contributed by atoms with Gasteiger partial charge in [-0.25, -0.2) is 0 Å². The van der Waals surface area contributed by atoms with Gasteiger partial charge in [-0.3, -0.25) is 4.21 Å². The normalized spacial score (nSPS) is 17.8. The van der Waals surface area contributed by atoms with Gasteiger partial charge in [0.05, 0.1) is 0 Å². The molecule has 0 radical (unpaired) electrons. The molecule has 0 N–H and O–H groups in total. The maximum Gasteiger partial charge on any atom is 0.307 e. The quantitative estimate of drug-likeness (QED) is 0.602. The van der Waals surface area contributed by atoms with Gasteiger partial charge in [-0.15, -0.1) is 0 Å². The van der Waals surface area contributed by atoms with Crippen LogP contribution in [0.2, 0.25) is 0 Å². The molecule has 0 spiro atoms. The highest BCUT2D eigenvalue weighted by Crippen LogP contribution is 2.34. The van der Waals surface area contributed by atoms with Crippen LogP contribution in [0.3, 0.4) is 0 Å². The zero-order valence-electron chi connectivity index (χ0n) is 5.93. The summed E-state index contributed by atoms with van der Waals surface area (Å²) in [7, 11) is 0. The SMILES string of the molecule is O=S([O-])C1Oc2ccccc2O1. The van der Waals surface area contributed by atoms with E-state index < -0.39 is 16.7 Å². The number of hydrogen-bond donors (Lipinski definition) is 0. The molecule has 12 heavy (non-hydrogen) atoms. The van der Waals surface area contributed by atoms with Crippen molar-refractivity contribution in [2.75, 3.05) is 0 Å². The third-order valence-corrected chi connectivity index (χ3v) is 1.96. The highest BCUT2D eigenvalue weighted by molar-refractivity contribution is 7.79. The first-order chi connectivity index (χ1) is 5.77. The Labute approximate surface area is 71.4 Å². The number of fused-ring (bicyclic) bond motifs is 1. The Kier molecular flexibility index (Phi) is 1.74. The third kappa shape index (κ3) is 1.17. The fraction of sp³-hybridized carbons (Fsp3) is 0.143. The Bertz CT molecular complexity index is 300. The van der Waals surface area contributed by atoms with Crippen LogP contribution in [-0.4, -0.2) is 14.4 Å². The summed E-state index contributed by atoms with van der Waals surface area (Å²) < 4.78 is 30.7. The summed E-state index contributed by atoms with van der Waals surface area (Å²) in [6.07, 6.45) is 0. The van der Waals surface area contributed by atoms with E-state index in [0.717, 1.165) is 0 Å². The van der Waals surface area contributed by atoms with Gasteiger partial charge < -0.3 is 14.0 Å². The van der Waals surface area contributed by atoms with Crippen LogP contribution in [-0.2, 0) is 11.1 Å². The lowest BCUT2D eigenvalue weighted by Crippen LogP contribution is -2.23. The standard InChI is InChI=1S/C7H6O4S/c8-12(9)7-10-5-3-1-2-4-6(5)11-7/h1-4,7H,(H,8,9)/p-1. The predicted molar refractivity (Wildman–Crippen MR) is 40.4 cm³/mol. The highest BCUT2D eigenvalue weighted by Gasteiger charge is 2.23. The van der Waals surface area contributed by atoms with E-state index >= 15 is 0 Å². The molecular formula is C7H5O4S-. The predicted octanol–water partition coefficient (Wildman–Crippen LogP) is 0.621. The fourth-order valence-corrected chi connectivity index (χ4v) is 1.32. The number of para-hydroxylation sites is 2. The molecule has 0 aromatic heterocycles. The van der Waals surface area contributed by atoms with Gasteiger partial charge in [-0.1, -0.05) is 12.1 Å². The van der Waals surface area contributed by atoms with E-state index in [4.69, 9.17) is 9.47 Å². The van der Waals surface area contributed by atoms with Crippen LogP contribution in [0.15, 0.2) is 24.3 Å². The van der Waals surface area contributed by atoms with Crippen LogP contribution in [0.25, 0.3) is 0 Å². The molecule has 1 aromatic rings. The van der Waals surface area contributed by atoms with Crippen molar-refractivity contribution < 1.29 is 18.2 Å². The monoisotopic (exact) mass is 185 g/mol. The molecule has 2 rings (SSSR count). The van der Waals surface area contributed by atoms with Gasteiger partial charge in [0.2, 0.25) is 0 Å². The molecule has 1 aromatic carbocycles. The van der Waals surface area contributed by atoms with Crippen LogP contribution in [0, 0.1) is 0 Å². The molecule has 1 atom stereocenters. The van der Waals surface area contributed by atoms with Gasteiger partial charge in [0.25, 0.3) is 0 Å². The molecule has 5 heteroatoms. The second-order valence-corrected chi connectivity index (χ2v) is 3.14. The van der Waals surface area contributed by atoms with Crippen molar-refractivity contribution >= 4 is 11.1 Å². The topological polar surface area (TPSA) is 58.6 Å². The van der Waals surface area contributed by atoms with Crippen LogP contribution in [0.5, 0.6) is 11.5 Å². The Balaban J connectivity index is 2.27. The maximum atomic E-state index is 10.4. The first-order valence-electron chi connectivity index (χ1n) is 3.28. The lowest BCUT2D eigenvalue weighted by molar-refractivity contribution is 0.121. The third-order valence-electron chi connectivity index (χ3n) is 1.45. The molecule has 1 aliphatic rings. The molecule has 0 bridgehead atoms. The summed E-state index contributed by atoms with van der Waals surface area (Å²) in [6, 6.07) is 6.81. The van der Waals surface area contributed by atoms with Crippen molar-refractivity contribution in [2.45, 2.75) is 5.62 Å². The van der Waals surface area contributed by atoms with Gasteiger partial charge in [0.1, 0.15) is 0 Å². The second kappa shape index (κ2) is 2.76. The van der Waals surface area contributed by atoms with Crippen molar-refractivity contribution in [1.82, 2.24) is 0 Å². The lowest BCUT2D eigenvalue weighted by Gasteiger charge is -2.11. The molecular weight excluding hydrogens is 180 g/mol. The number of hydrogen-bond acceptors (Lipinski definition) is 4. The Morgan fingerprint density at radius 2 is 1.75 bits per heavy atom. The van der Waals surface area contributed by atoms with E-state index in [1.165, 1.54) is 0 Å². The molecule has 1 aliphatic heterocycles. The van der Waals surface area contributed by atoms with E-state index in [9.17, 15) is 8.76 Å². The van der Waals surface area contributed by atoms with Crippen LogP contribution in [0.4, 0.5) is 0 Å². The van der Waals surface area contributed by atoms with Gasteiger partial charge >= 0.3 is 5.62 Å². The summed E-state index contributed by atoms with van der Waals surface area (Å²) in [5.41, 5.74) is -1.19. The summed E-state index contributed by atoms with van der Waals surface area (Å²) in [6.45, 7) is 0. The smallest absolute Gasteiger partial charge is 0.307 e. The van der Waals surface area contributed by atoms with Gasteiger partial charge in [0, 0.05) is 11.1 Å². The van der Waals surface area contributed by atoms with Crippen LogP contribution >= 0.6 is 0 Å². The van der Waals surface area contributed by atoms with Gasteiger partial charge in [-0.2, -0.15) is 0 Å². The number of rotatable bonds is 1. The maximum absolute atomic E-state index is 10.4. The van der Waals surface area contributed by atoms with Gasteiger partial charge in [-0.05, 0) is 12.1 Å². The van der Waals surface area contributed by atoms with Gasteiger partial charge in [0.15, 0.2) is 11.5 Å². The molecule has 0 aliphatic carbocycles. The Hall–Kier alpha value is -1.07. The van der Waals surface area contributed by atoms with E-state index in [2.05, 4.69) is 0 Å². The Morgan fingerprint density at radius 3 is 2.17 bits per heavy atom. The summed E-state index contributed by atoms with van der Waals surface area (Å²) in [4.78, 5) is 0. The van der Waals surface area contributed by atoms with Crippen molar-refractivity contribution in [3.05, 3.63) is 24.3 Å². The molecule has 0 amide bonds. The molecule has 1 heterocycles. The first-order valence-corrected chi connectivity index (χ1v) is 4.41. The van der Waals surface area contributed by atoms with Crippen molar-refractivity contribution in [2.24, 2.45) is 0 Å². The van der Waals surface area contributed by atoms with Crippen LogP contribution in [0.1, 0.15) is 0 Å². The van der Waals surface area contributed by atoms with E-state index in [1.54, 1.807) is 24.3 Å². The fourth-order valence-electron chi connectivity index (χ4n) is 0.955. The lowest BCUT2D eigenvalue weighted by atomic mass is 10.3. The van der Waals surface area contributed by atoms with E-state index in [0.29, 0.717) is 11.5 Å². The summed E-state index contributed by atoms with van der Waals surface area (Å²) in [5, 5.41) is 0. The first kappa shape index (κ1) is 7.57. The van der Waals surface area contributed by atoms with Crippen molar-refractivity contribution in [1.29, 1.82) is 0 Å². The zero-order valence-corrected chi connectivity index (χ0v) is 6.74. The minimum atomic E-state index is -2.36. The number of ether oxygens (including phenoxy) is 2. The molecule has 64 valence electrons. The highest BCUT2D eigenvalue weighted by atomic mass is 32.2. The number of benzene rings is 1.